The summed E-state index contributed by atoms with van der Waals surface area (Å²) in [6.45, 7) is 1.58. The molecule has 3 rings (SSSR count). The molecule has 2 aliphatic rings. The lowest BCUT2D eigenvalue weighted by Crippen LogP contribution is -2.31. The first-order valence-electron chi connectivity index (χ1n) is 7.21. The number of fused-ring (bicyclic) bond motifs is 1. The van der Waals surface area contributed by atoms with E-state index in [2.05, 4.69) is 20.2 Å². The van der Waals surface area contributed by atoms with Crippen molar-refractivity contribution in [2.24, 2.45) is 5.92 Å². The molecule has 1 atom stereocenters. The Morgan fingerprint density at radius 3 is 2.95 bits per heavy atom. The maximum Gasteiger partial charge on any atom is 0.224 e. The number of carbonyl (C=O) groups is 1. The minimum absolute atomic E-state index is 0.0491. The molecule has 1 fully saturated rings. The Hall–Kier alpha value is -1.36. The topological polar surface area (TPSA) is 58.1 Å². The number of amides is 1. The van der Waals surface area contributed by atoms with Crippen molar-refractivity contribution in [3.8, 4) is 0 Å². The first-order chi connectivity index (χ1) is 9.69. The van der Waals surface area contributed by atoms with Gasteiger partial charge in [0.15, 0.2) is 0 Å². The number of hydrogen-bond donors (Lipinski definition) is 1. The summed E-state index contributed by atoms with van der Waals surface area (Å²) in [6, 6.07) is 0. The molecular formula is C14H19ClN4O. The van der Waals surface area contributed by atoms with Crippen LogP contribution >= 0.6 is 11.6 Å². The van der Waals surface area contributed by atoms with Crippen LogP contribution in [0.25, 0.3) is 0 Å². The monoisotopic (exact) mass is 294 g/mol. The van der Waals surface area contributed by atoms with Gasteiger partial charge in [0, 0.05) is 25.7 Å². The van der Waals surface area contributed by atoms with Crippen LogP contribution in [0.15, 0.2) is 0 Å². The average Bonchev–Trinajstić information content (AvgIpc) is 2.95. The summed E-state index contributed by atoms with van der Waals surface area (Å²) >= 11 is 6.06. The highest BCUT2D eigenvalue weighted by molar-refractivity contribution is 6.28. The number of rotatable bonds is 2. The van der Waals surface area contributed by atoms with E-state index in [4.69, 9.17) is 11.6 Å². The van der Waals surface area contributed by atoms with Crippen LogP contribution in [0.3, 0.4) is 0 Å². The zero-order valence-corrected chi connectivity index (χ0v) is 12.4. The lowest BCUT2D eigenvalue weighted by molar-refractivity contribution is -0.123. The van der Waals surface area contributed by atoms with Gasteiger partial charge in [-0.05, 0) is 43.7 Å². The molecule has 108 valence electrons. The highest BCUT2D eigenvalue weighted by Gasteiger charge is 2.31. The standard InChI is InChI=1S/C14H19ClN4O/c1-16-13(20)9-6-7-19(8-9)12-10-4-2-3-5-11(10)17-14(15)18-12/h9H,2-8H2,1H3,(H,16,20). The number of nitrogens with zero attached hydrogens (tertiary/aromatic N) is 3. The molecule has 1 aliphatic carbocycles. The predicted molar refractivity (Wildman–Crippen MR) is 78.1 cm³/mol. The summed E-state index contributed by atoms with van der Waals surface area (Å²) in [5.41, 5.74) is 2.33. The highest BCUT2D eigenvalue weighted by atomic mass is 35.5. The molecular weight excluding hydrogens is 276 g/mol. The number of aryl methyl sites for hydroxylation is 1. The molecule has 1 unspecified atom stereocenters. The molecule has 1 amide bonds. The van der Waals surface area contributed by atoms with Crippen molar-refractivity contribution in [1.82, 2.24) is 15.3 Å². The van der Waals surface area contributed by atoms with Crippen LogP contribution in [0.5, 0.6) is 0 Å². The first kappa shape index (κ1) is 13.6. The zero-order chi connectivity index (χ0) is 14.1. The Bertz CT molecular complexity index is 534. The summed E-state index contributed by atoms with van der Waals surface area (Å²) in [6.07, 6.45) is 5.22. The van der Waals surface area contributed by atoms with E-state index in [-0.39, 0.29) is 11.8 Å². The summed E-state index contributed by atoms with van der Waals surface area (Å²) in [4.78, 5) is 22.7. The third-order valence-corrected chi connectivity index (χ3v) is 4.41. The minimum Gasteiger partial charge on any atom is -0.359 e. The van der Waals surface area contributed by atoms with E-state index in [9.17, 15) is 4.79 Å². The molecule has 0 radical (unpaired) electrons. The fourth-order valence-corrected chi connectivity index (χ4v) is 3.36. The van der Waals surface area contributed by atoms with E-state index in [1.165, 1.54) is 18.4 Å². The summed E-state index contributed by atoms with van der Waals surface area (Å²) in [5, 5.41) is 3.05. The molecule has 1 N–H and O–H groups in total. The van der Waals surface area contributed by atoms with Gasteiger partial charge in [0.1, 0.15) is 5.82 Å². The third kappa shape index (κ3) is 2.46. The third-order valence-electron chi connectivity index (χ3n) is 4.24. The van der Waals surface area contributed by atoms with E-state index < -0.39 is 0 Å². The molecule has 1 aromatic rings. The van der Waals surface area contributed by atoms with Crippen molar-refractivity contribution in [2.75, 3.05) is 25.0 Å². The lowest BCUT2D eigenvalue weighted by Gasteiger charge is -2.24. The molecule has 6 heteroatoms. The van der Waals surface area contributed by atoms with Crippen LogP contribution in [-0.4, -0.2) is 36.0 Å². The van der Waals surface area contributed by atoms with Crippen molar-refractivity contribution in [1.29, 1.82) is 0 Å². The van der Waals surface area contributed by atoms with Gasteiger partial charge < -0.3 is 10.2 Å². The van der Waals surface area contributed by atoms with Gasteiger partial charge in [-0.1, -0.05) is 0 Å². The number of anilines is 1. The second kappa shape index (κ2) is 5.56. The largest absolute Gasteiger partial charge is 0.359 e. The van der Waals surface area contributed by atoms with Gasteiger partial charge in [0.05, 0.1) is 11.6 Å². The number of halogens is 1. The maximum atomic E-state index is 11.8. The van der Waals surface area contributed by atoms with Gasteiger partial charge in [-0.25, -0.2) is 9.97 Å². The van der Waals surface area contributed by atoms with Gasteiger partial charge in [0.25, 0.3) is 0 Å². The molecule has 5 nitrogen and oxygen atoms in total. The molecule has 1 saturated heterocycles. The van der Waals surface area contributed by atoms with Crippen LogP contribution in [0.1, 0.15) is 30.5 Å². The number of nitrogens with one attached hydrogen (secondary N) is 1. The van der Waals surface area contributed by atoms with E-state index in [0.29, 0.717) is 5.28 Å². The summed E-state index contributed by atoms with van der Waals surface area (Å²) in [7, 11) is 1.69. The van der Waals surface area contributed by atoms with Crippen LogP contribution in [0, 0.1) is 5.92 Å². The number of carbonyl (C=O) groups excluding carboxylic acids is 1. The molecule has 20 heavy (non-hydrogen) atoms. The molecule has 0 spiro atoms. The zero-order valence-electron chi connectivity index (χ0n) is 11.7. The van der Waals surface area contributed by atoms with E-state index in [0.717, 1.165) is 43.9 Å². The number of hydrogen-bond acceptors (Lipinski definition) is 4. The van der Waals surface area contributed by atoms with Crippen molar-refractivity contribution in [3.05, 3.63) is 16.5 Å². The van der Waals surface area contributed by atoms with Gasteiger partial charge in [-0.3, -0.25) is 4.79 Å². The average molecular weight is 295 g/mol. The Labute approximate surface area is 123 Å². The first-order valence-corrected chi connectivity index (χ1v) is 7.58. The van der Waals surface area contributed by atoms with E-state index in [1.807, 2.05) is 0 Å². The van der Waals surface area contributed by atoms with Crippen LogP contribution in [-0.2, 0) is 17.6 Å². The quantitative estimate of drug-likeness (QED) is 0.842. The Morgan fingerprint density at radius 2 is 2.15 bits per heavy atom. The molecule has 2 heterocycles. The van der Waals surface area contributed by atoms with E-state index >= 15 is 0 Å². The molecule has 0 saturated carbocycles. The second-order valence-corrected chi connectivity index (χ2v) is 5.83. The van der Waals surface area contributed by atoms with Crippen molar-refractivity contribution in [2.45, 2.75) is 32.1 Å². The maximum absolute atomic E-state index is 11.8. The second-order valence-electron chi connectivity index (χ2n) is 5.49. The lowest BCUT2D eigenvalue weighted by atomic mass is 9.96. The van der Waals surface area contributed by atoms with Gasteiger partial charge >= 0.3 is 0 Å². The fraction of sp³-hybridized carbons (Fsp3) is 0.643. The summed E-state index contributed by atoms with van der Waals surface area (Å²) < 4.78 is 0. The van der Waals surface area contributed by atoms with Crippen LogP contribution < -0.4 is 10.2 Å². The Kier molecular flexibility index (Phi) is 3.78. The smallest absolute Gasteiger partial charge is 0.224 e. The van der Waals surface area contributed by atoms with E-state index in [1.54, 1.807) is 7.05 Å². The summed E-state index contributed by atoms with van der Waals surface area (Å²) in [5.74, 6) is 1.11. The molecule has 0 aromatic carbocycles. The highest BCUT2D eigenvalue weighted by Crippen LogP contribution is 2.32. The SMILES string of the molecule is CNC(=O)C1CCN(c2nc(Cl)nc3c2CCCC3)C1. The Balaban J connectivity index is 1.87. The minimum atomic E-state index is 0.0491. The number of aromatic nitrogens is 2. The van der Waals surface area contributed by atoms with Crippen LogP contribution in [0.2, 0.25) is 5.28 Å². The van der Waals surface area contributed by atoms with Crippen molar-refractivity contribution in [3.63, 3.8) is 0 Å². The van der Waals surface area contributed by atoms with Crippen molar-refractivity contribution < 1.29 is 4.79 Å². The van der Waals surface area contributed by atoms with Crippen LogP contribution in [0.4, 0.5) is 5.82 Å². The predicted octanol–water partition coefficient (Wildman–Crippen LogP) is 1.58. The van der Waals surface area contributed by atoms with Gasteiger partial charge in [-0.2, -0.15) is 0 Å². The van der Waals surface area contributed by atoms with Gasteiger partial charge in [-0.15, -0.1) is 0 Å². The molecule has 0 bridgehead atoms. The fourth-order valence-electron chi connectivity index (χ4n) is 3.18. The van der Waals surface area contributed by atoms with Crippen molar-refractivity contribution >= 4 is 23.3 Å². The van der Waals surface area contributed by atoms with Gasteiger partial charge in [0.2, 0.25) is 11.2 Å². The Morgan fingerprint density at radius 1 is 1.35 bits per heavy atom. The molecule has 1 aromatic heterocycles. The molecule has 1 aliphatic heterocycles. The normalized spacial score (nSPS) is 21.7.